The molecule has 3 aromatic rings. The number of pyridine rings is 1. The number of rotatable bonds is 4. The van der Waals surface area contributed by atoms with Gasteiger partial charge in [0, 0.05) is 17.2 Å². The minimum Gasteiger partial charge on any atom is -0.496 e. The van der Waals surface area contributed by atoms with Crippen molar-refractivity contribution >= 4 is 26.5 Å². The average Bonchev–Trinajstić information content (AvgIpc) is 2.59. The Morgan fingerprint density at radius 1 is 1.04 bits per heavy atom. The molecule has 0 atom stereocenters. The minimum atomic E-state index is -3.47. The molecular weight excluding hydrogens is 345 g/mol. The van der Waals surface area contributed by atoms with Gasteiger partial charge in [0.2, 0.25) is 0 Å². The summed E-state index contributed by atoms with van der Waals surface area (Å²) in [6.07, 6.45) is 1.06. The van der Waals surface area contributed by atoms with Crippen LogP contribution >= 0.6 is 0 Å². The van der Waals surface area contributed by atoms with Gasteiger partial charge in [-0.1, -0.05) is 0 Å². The molecule has 128 valence electrons. The van der Waals surface area contributed by atoms with E-state index < -0.39 is 15.7 Å². The highest BCUT2D eigenvalue weighted by atomic mass is 32.2. The molecule has 0 aliphatic rings. The molecule has 0 saturated heterocycles. The van der Waals surface area contributed by atoms with Crippen LogP contribution in [0.4, 0.5) is 4.39 Å². The lowest BCUT2D eigenvalue weighted by molar-refractivity contribution is 0.103. The van der Waals surface area contributed by atoms with Gasteiger partial charge in [-0.2, -0.15) is 0 Å². The Kier molecular flexibility index (Phi) is 4.26. The topological polar surface area (TPSA) is 73.3 Å². The van der Waals surface area contributed by atoms with E-state index in [4.69, 9.17) is 4.74 Å². The molecule has 0 fully saturated rings. The summed E-state index contributed by atoms with van der Waals surface area (Å²) in [7, 11) is -2.04. The van der Waals surface area contributed by atoms with Crippen LogP contribution in [0.25, 0.3) is 10.9 Å². The second-order valence-electron chi connectivity index (χ2n) is 5.47. The van der Waals surface area contributed by atoms with Gasteiger partial charge >= 0.3 is 0 Å². The molecule has 0 amide bonds. The van der Waals surface area contributed by atoms with E-state index in [0.29, 0.717) is 22.2 Å². The van der Waals surface area contributed by atoms with Crippen molar-refractivity contribution in [3.8, 4) is 5.75 Å². The summed E-state index contributed by atoms with van der Waals surface area (Å²) in [5, 5.41) is 0.381. The maximum absolute atomic E-state index is 13.1. The van der Waals surface area contributed by atoms with E-state index >= 15 is 0 Å². The molecule has 0 aliphatic carbocycles. The van der Waals surface area contributed by atoms with Crippen LogP contribution < -0.4 is 4.74 Å². The third-order valence-corrected chi connectivity index (χ3v) is 4.73. The summed E-state index contributed by atoms with van der Waals surface area (Å²) >= 11 is 0. The van der Waals surface area contributed by atoms with Crippen LogP contribution in [0.3, 0.4) is 0 Å². The molecule has 3 rings (SSSR count). The van der Waals surface area contributed by atoms with E-state index in [1.165, 1.54) is 43.5 Å². The Bertz CT molecular complexity index is 1080. The number of hydrogen-bond donors (Lipinski definition) is 0. The van der Waals surface area contributed by atoms with E-state index in [9.17, 15) is 17.6 Å². The zero-order chi connectivity index (χ0) is 18.2. The van der Waals surface area contributed by atoms with Crippen LogP contribution in [0.2, 0.25) is 0 Å². The Morgan fingerprint density at radius 3 is 2.32 bits per heavy atom. The van der Waals surface area contributed by atoms with Gasteiger partial charge in [-0.15, -0.1) is 0 Å². The Balaban J connectivity index is 2.24. The molecule has 0 spiro atoms. The van der Waals surface area contributed by atoms with Gasteiger partial charge in [0.15, 0.2) is 20.6 Å². The lowest BCUT2D eigenvalue weighted by atomic mass is 9.98. The number of benzene rings is 2. The summed E-state index contributed by atoms with van der Waals surface area (Å²) in [4.78, 5) is 17.0. The van der Waals surface area contributed by atoms with Crippen molar-refractivity contribution < 1.29 is 22.3 Å². The molecule has 0 unspecified atom stereocenters. The third kappa shape index (κ3) is 3.23. The SMILES string of the molecule is COc1ccc2nc(S(C)(=O)=O)ccc2c1C(=O)c1ccc(F)cc1. The van der Waals surface area contributed by atoms with Crippen molar-refractivity contribution in [2.75, 3.05) is 13.4 Å². The third-order valence-electron chi connectivity index (χ3n) is 3.74. The van der Waals surface area contributed by atoms with Gasteiger partial charge in [0.1, 0.15) is 11.6 Å². The van der Waals surface area contributed by atoms with Crippen molar-refractivity contribution in [3.63, 3.8) is 0 Å². The van der Waals surface area contributed by atoms with Gasteiger partial charge in [-0.05, 0) is 48.5 Å². The molecule has 7 heteroatoms. The average molecular weight is 359 g/mol. The number of methoxy groups -OCH3 is 1. The number of hydrogen-bond acceptors (Lipinski definition) is 5. The summed E-state index contributed by atoms with van der Waals surface area (Å²) in [6, 6.07) is 11.2. The Morgan fingerprint density at radius 2 is 1.72 bits per heavy atom. The highest BCUT2D eigenvalue weighted by Gasteiger charge is 2.20. The summed E-state index contributed by atoms with van der Waals surface area (Å²) in [5.41, 5.74) is 0.896. The fourth-order valence-electron chi connectivity index (χ4n) is 2.52. The van der Waals surface area contributed by atoms with Gasteiger partial charge in [-0.3, -0.25) is 4.79 Å². The van der Waals surface area contributed by atoms with E-state index in [-0.39, 0.29) is 16.4 Å². The van der Waals surface area contributed by atoms with Crippen LogP contribution in [0.5, 0.6) is 5.75 Å². The summed E-state index contributed by atoms with van der Waals surface area (Å²) < 4.78 is 41.7. The van der Waals surface area contributed by atoms with Gasteiger partial charge < -0.3 is 4.74 Å². The fraction of sp³-hybridized carbons (Fsp3) is 0.111. The molecule has 2 aromatic carbocycles. The minimum absolute atomic E-state index is 0.0784. The fourth-order valence-corrected chi connectivity index (χ4v) is 3.10. The summed E-state index contributed by atoms with van der Waals surface area (Å²) in [5.74, 6) is -0.479. The molecule has 0 bridgehead atoms. The van der Waals surface area contributed by atoms with Crippen LogP contribution in [-0.2, 0) is 9.84 Å². The standard InChI is InChI=1S/C18H14FNO4S/c1-24-15-9-8-14-13(7-10-16(20-14)25(2,22)23)17(15)18(21)11-3-5-12(19)6-4-11/h3-10H,1-2H3. The van der Waals surface area contributed by atoms with Gasteiger partial charge in [0.25, 0.3) is 0 Å². The van der Waals surface area contributed by atoms with E-state index in [0.717, 1.165) is 6.26 Å². The molecule has 5 nitrogen and oxygen atoms in total. The number of carbonyl (C=O) groups is 1. The zero-order valence-corrected chi connectivity index (χ0v) is 14.3. The number of nitrogens with zero attached hydrogens (tertiary/aromatic N) is 1. The maximum atomic E-state index is 13.1. The first kappa shape index (κ1) is 17.0. The largest absolute Gasteiger partial charge is 0.496 e. The predicted molar refractivity (Wildman–Crippen MR) is 91.2 cm³/mol. The summed E-state index contributed by atoms with van der Waals surface area (Å²) in [6.45, 7) is 0. The number of aromatic nitrogens is 1. The molecule has 0 radical (unpaired) electrons. The second kappa shape index (κ2) is 6.25. The van der Waals surface area contributed by atoms with Gasteiger partial charge in [-0.25, -0.2) is 17.8 Å². The van der Waals surface area contributed by atoms with E-state index in [2.05, 4.69) is 4.98 Å². The van der Waals surface area contributed by atoms with Gasteiger partial charge in [0.05, 0.1) is 18.2 Å². The Hall–Kier alpha value is -2.80. The highest BCUT2D eigenvalue weighted by Crippen LogP contribution is 2.30. The van der Waals surface area contributed by atoms with Crippen LogP contribution in [0, 0.1) is 5.82 Å². The van der Waals surface area contributed by atoms with Crippen LogP contribution in [-0.4, -0.2) is 32.6 Å². The van der Waals surface area contributed by atoms with Crippen molar-refractivity contribution in [1.82, 2.24) is 4.98 Å². The highest BCUT2D eigenvalue weighted by molar-refractivity contribution is 7.90. The first-order valence-electron chi connectivity index (χ1n) is 7.29. The van der Waals surface area contributed by atoms with Crippen LogP contribution in [0.15, 0.2) is 53.6 Å². The molecule has 1 aromatic heterocycles. The second-order valence-corrected chi connectivity index (χ2v) is 7.43. The number of ketones is 1. The molecular formula is C18H14FNO4S. The molecule has 0 aliphatic heterocycles. The predicted octanol–water partition coefficient (Wildman–Crippen LogP) is 3.02. The molecule has 0 saturated carbocycles. The van der Waals surface area contributed by atoms with E-state index in [1.54, 1.807) is 12.1 Å². The number of carbonyl (C=O) groups excluding carboxylic acids is 1. The zero-order valence-electron chi connectivity index (χ0n) is 13.5. The number of sulfone groups is 1. The normalized spacial score (nSPS) is 11.5. The van der Waals surface area contributed by atoms with Crippen molar-refractivity contribution in [3.05, 3.63) is 65.5 Å². The Labute approximate surface area is 144 Å². The lowest BCUT2D eigenvalue weighted by Crippen LogP contribution is -2.07. The quantitative estimate of drug-likeness (QED) is 0.670. The van der Waals surface area contributed by atoms with Crippen molar-refractivity contribution in [2.24, 2.45) is 0 Å². The van der Waals surface area contributed by atoms with E-state index in [1.807, 2.05) is 0 Å². The molecule has 0 N–H and O–H groups in total. The van der Waals surface area contributed by atoms with Crippen LogP contribution in [0.1, 0.15) is 15.9 Å². The molecule has 1 heterocycles. The number of halogens is 1. The van der Waals surface area contributed by atoms with Crippen molar-refractivity contribution in [1.29, 1.82) is 0 Å². The monoisotopic (exact) mass is 359 g/mol. The number of fused-ring (bicyclic) bond motifs is 1. The lowest BCUT2D eigenvalue weighted by Gasteiger charge is -2.11. The molecule has 25 heavy (non-hydrogen) atoms. The first-order valence-corrected chi connectivity index (χ1v) is 9.18. The maximum Gasteiger partial charge on any atom is 0.197 e. The smallest absolute Gasteiger partial charge is 0.197 e. The van der Waals surface area contributed by atoms with Crippen molar-refractivity contribution in [2.45, 2.75) is 5.03 Å². The first-order chi connectivity index (χ1) is 11.8. The number of ether oxygens (including phenoxy) is 1.